The molecular formula is C12H16N2O4. The van der Waals surface area contributed by atoms with Crippen molar-refractivity contribution < 1.29 is 14.8 Å². The highest BCUT2D eigenvalue weighted by molar-refractivity contribution is 5.89. The molecule has 0 aliphatic heterocycles. The van der Waals surface area contributed by atoms with Crippen molar-refractivity contribution in [3.05, 3.63) is 33.9 Å². The number of carbonyl (C=O) groups is 1. The number of carboxylic acids is 1. The molecule has 0 fully saturated rings. The van der Waals surface area contributed by atoms with Crippen LogP contribution in [0.5, 0.6) is 0 Å². The van der Waals surface area contributed by atoms with Gasteiger partial charge in [-0.3, -0.25) is 10.1 Å². The fourth-order valence-corrected chi connectivity index (χ4v) is 1.61. The molecule has 1 rings (SSSR count). The molecule has 0 saturated heterocycles. The molecule has 18 heavy (non-hydrogen) atoms. The molecule has 98 valence electrons. The number of hydrogen-bond donors (Lipinski definition) is 1. The van der Waals surface area contributed by atoms with E-state index in [4.69, 9.17) is 5.11 Å². The molecule has 0 saturated carbocycles. The number of nitrogens with zero attached hydrogens (tertiary/aromatic N) is 2. The van der Waals surface area contributed by atoms with E-state index in [2.05, 4.69) is 0 Å². The summed E-state index contributed by atoms with van der Waals surface area (Å²) in [4.78, 5) is 23.0. The van der Waals surface area contributed by atoms with E-state index in [-0.39, 0.29) is 17.3 Å². The van der Waals surface area contributed by atoms with Gasteiger partial charge in [0.2, 0.25) is 0 Å². The molecule has 0 aliphatic carbocycles. The largest absolute Gasteiger partial charge is 0.478 e. The van der Waals surface area contributed by atoms with Crippen LogP contribution in [0.25, 0.3) is 0 Å². The third-order valence-corrected chi connectivity index (χ3v) is 3.05. The second-order valence-corrected chi connectivity index (χ2v) is 4.13. The number of aromatic carboxylic acids is 1. The van der Waals surface area contributed by atoms with Crippen LogP contribution in [0.3, 0.4) is 0 Å². The van der Waals surface area contributed by atoms with Crippen LogP contribution in [0.2, 0.25) is 0 Å². The molecule has 0 spiro atoms. The van der Waals surface area contributed by atoms with Gasteiger partial charge in [-0.1, -0.05) is 6.92 Å². The van der Waals surface area contributed by atoms with Gasteiger partial charge in [0.25, 0.3) is 5.69 Å². The molecule has 6 nitrogen and oxygen atoms in total. The van der Waals surface area contributed by atoms with Crippen LogP contribution in [0.4, 0.5) is 11.4 Å². The van der Waals surface area contributed by atoms with Gasteiger partial charge >= 0.3 is 5.97 Å². The second kappa shape index (κ2) is 5.48. The Labute approximate surface area is 105 Å². The van der Waals surface area contributed by atoms with Crippen molar-refractivity contribution in [1.29, 1.82) is 0 Å². The van der Waals surface area contributed by atoms with E-state index in [0.717, 1.165) is 12.5 Å². The van der Waals surface area contributed by atoms with Crippen LogP contribution in [-0.4, -0.2) is 29.1 Å². The lowest BCUT2D eigenvalue weighted by molar-refractivity contribution is -0.384. The lowest BCUT2D eigenvalue weighted by Crippen LogP contribution is -2.28. The van der Waals surface area contributed by atoms with Gasteiger partial charge < -0.3 is 10.0 Å². The Bertz CT molecular complexity index is 473. The highest BCUT2D eigenvalue weighted by atomic mass is 16.6. The summed E-state index contributed by atoms with van der Waals surface area (Å²) >= 11 is 0. The molecule has 0 bridgehead atoms. The van der Waals surface area contributed by atoms with Gasteiger partial charge in [0, 0.05) is 19.2 Å². The van der Waals surface area contributed by atoms with Crippen LogP contribution < -0.4 is 4.90 Å². The summed E-state index contributed by atoms with van der Waals surface area (Å²) in [5.41, 5.74) is 0.167. The van der Waals surface area contributed by atoms with Crippen LogP contribution in [0.15, 0.2) is 18.2 Å². The van der Waals surface area contributed by atoms with E-state index in [0.29, 0.717) is 5.69 Å². The van der Waals surface area contributed by atoms with E-state index in [1.165, 1.54) is 12.1 Å². The van der Waals surface area contributed by atoms with E-state index < -0.39 is 10.9 Å². The van der Waals surface area contributed by atoms with Gasteiger partial charge in [-0.25, -0.2) is 4.79 Å². The van der Waals surface area contributed by atoms with E-state index in [9.17, 15) is 14.9 Å². The molecule has 0 amide bonds. The molecule has 1 atom stereocenters. The summed E-state index contributed by atoms with van der Waals surface area (Å²) in [5, 5.41) is 19.8. The fourth-order valence-electron chi connectivity index (χ4n) is 1.61. The summed E-state index contributed by atoms with van der Waals surface area (Å²) < 4.78 is 0. The van der Waals surface area contributed by atoms with Crippen molar-refractivity contribution in [1.82, 2.24) is 0 Å². The summed E-state index contributed by atoms with van der Waals surface area (Å²) in [6.07, 6.45) is 0.842. The Morgan fingerprint density at radius 2 is 2.17 bits per heavy atom. The minimum absolute atomic E-state index is 0.0806. The molecule has 1 aromatic rings. The fraction of sp³-hybridized carbons (Fsp3) is 0.417. The van der Waals surface area contributed by atoms with Crippen molar-refractivity contribution in [3.63, 3.8) is 0 Å². The first-order chi connectivity index (χ1) is 8.38. The number of anilines is 1. The third kappa shape index (κ3) is 2.77. The Kier molecular flexibility index (Phi) is 4.25. The highest BCUT2D eigenvalue weighted by Crippen LogP contribution is 2.30. The number of nitro groups is 1. The zero-order valence-corrected chi connectivity index (χ0v) is 10.6. The number of rotatable bonds is 5. The van der Waals surface area contributed by atoms with Crippen molar-refractivity contribution in [3.8, 4) is 0 Å². The maximum absolute atomic E-state index is 11.0. The zero-order valence-electron chi connectivity index (χ0n) is 10.6. The molecule has 0 radical (unpaired) electrons. The van der Waals surface area contributed by atoms with E-state index in [1.807, 2.05) is 13.8 Å². The highest BCUT2D eigenvalue weighted by Gasteiger charge is 2.21. The number of carboxylic acid groups (broad SMARTS) is 1. The Morgan fingerprint density at radius 3 is 2.61 bits per heavy atom. The van der Waals surface area contributed by atoms with Gasteiger partial charge in [-0.2, -0.15) is 0 Å². The van der Waals surface area contributed by atoms with Crippen LogP contribution in [0, 0.1) is 10.1 Å². The van der Waals surface area contributed by atoms with Gasteiger partial charge in [-0.15, -0.1) is 0 Å². The zero-order chi connectivity index (χ0) is 13.9. The van der Waals surface area contributed by atoms with Gasteiger partial charge in [0.05, 0.1) is 10.5 Å². The van der Waals surface area contributed by atoms with Crippen molar-refractivity contribution in [2.24, 2.45) is 0 Å². The predicted octanol–water partition coefficient (Wildman–Crippen LogP) is 2.53. The molecule has 1 N–H and O–H groups in total. The van der Waals surface area contributed by atoms with Gasteiger partial charge in [0.15, 0.2) is 0 Å². The first-order valence-electron chi connectivity index (χ1n) is 5.63. The monoisotopic (exact) mass is 252 g/mol. The average molecular weight is 252 g/mol. The summed E-state index contributed by atoms with van der Waals surface area (Å²) in [6, 6.07) is 4.09. The summed E-state index contributed by atoms with van der Waals surface area (Å²) in [5.74, 6) is -1.17. The molecule has 1 unspecified atom stereocenters. The SMILES string of the molecule is CCC(C)N(C)c1ccc(C(=O)O)cc1[N+](=O)[O-]. The first-order valence-corrected chi connectivity index (χ1v) is 5.63. The molecular weight excluding hydrogens is 236 g/mol. The molecule has 0 aromatic heterocycles. The van der Waals surface area contributed by atoms with Crippen LogP contribution in [0.1, 0.15) is 30.6 Å². The Morgan fingerprint density at radius 1 is 1.56 bits per heavy atom. The topological polar surface area (TPSA) is 83.7 Å². The molecule has 0 heterocycles. The lowest BCUT2D eigenvalue weighted by atomic mass is 10.1. The normalized spacial score (nSPS) is 11.9. The maximum Gasteiger partial charge on any atom is 0.335 e. The van der Waals surface area contributed by atoms with Crippen LogP contribution in [-0.2, 0) is 0 Å². The summed E-state index contributed by atoms with van der Waals surface area (Å²) in [6.45, 7) is 3.94. The van der Waals surface area contributed by atoms with Crippen LogP contribution >= 0.6 is 0 Å². The van der Waals surface area contributed by atoms with Gasteiger partial charge in [-0.05, 0) is 25.5 Å². The quantitative estimate of drug-likeness (QED) is 0.643. The Balaban J connectivity index is 3.27. The maximum atomic E-state index is 11.0. The molecule has 1 aromatic carbocycles. The predicted molar refractivity (Wildman–Crippen MR) is 68.2 cm³/mol. The second-order valence-electron chi connectivity index (χ2n) is 4.13. The lowest BCUT2D eigenvalue weighted by Gasteiger charge is -2.25. The third-order valence-electron chi connectivity index (χ3n) is 3.05. The number of nitro benzene ring substituents is 1. The smallest absolute Gasteiger partial charge is 0.335 e. The molecule has 0 aliphatic rings. The van der Waals surface area contributed by atoms with E-state index >= 15 is 0 Å². The van der Waals surface area contributed by atoms with Crippen molar-refractivity contribution in [2.45, 2.75) is 26.3 Å². The minimum atomic E-state index is -1.17. The standard InChI is InChI=1S/C12H16N2O4/c1-4-8(2)13(3)10-6-5-9(12(15)16)7-11(10)14(17)18/h5-8H,4H2,1-3H3,(H,15,16). The Hall–Kier alpha value is -2.11. The van der Waals surface area contributed by atoms with Crippen molar-refractivity contribution >= 4 is 17.3 Å². The van der Waals surface area contributed by atoms with E-state index in [1.54, 1.807) is 11.9 Å². The summed E-state index contributed by atoms with van der Waals surface area (Å²) in [7, 11) is 1.76. The average Bonchev–Trinajstić information content (AvgIpc) is 2.35. The molecule has 6 heteroatoms. The van der Waals surface area contributed by atoms with Gasteiger partial charge in [0.1, 0.15) is 5.69 Å². The number of hydrogen-bond acceptors (Lipinski definition) is 4. The number of benzene rings is 1. The first kappa shape index (κ1) is 14.0. The minimum Gasteiger partial charge on any atom is -0.478 e. The van der Waals surface area contributed by atoms with Crippen molar-refractivity contribution in [2.75, 3.05) is 11.9 Å².